The minimum absolute atomic E-state index is 0.0122. The van der Waals surface area contributed by atoms with Crippen molar-refractivity contribution in [2.24, 2.45) is 0 Å². The fraction of sp³-hybridized carbons (Fsp3) is 0.292. The normalized spacial score (nSPS) is 11.0. The molecule has 0 atom stereocenters. The third-order valence-electron chi connectivity index (χ3n) is 5.22. The van der Waals surface area contributed by atoms with Gasteiger partial charge >= 0.3 is 6.09 Å². The lowest BCUT2D eigenvalue weighted by Gasteiger charge is -2.30. The predicted molar refractivity (Wildman–Crippen MR) is 130 cm³/mol. The van der Waals surface area contributed by atoms with Gasteiger partial charge in [-0.15, -0.1) is 0 Å². The van der Waals surface area contributed by atoms with Crippen LogP contribution < -0.4 is 10.1 Å². The zero-order chi connectivity index (χ0) is 27.3. The van der Waals surface area contributed by atoms with E-state index in [0.29, 0.717) is 0 Å². The molecule has 2 aromatic carbocycles. The summed E-state index contributed by atoms with van der Waals surface area (Å²) in [5, 5.41) is 37.4. The van der Waals surface area contributed by atoms with E-state index in [9.17, 15) is 29.9 Å². The molecule has 0 aliphatic carbocycles. The number of aromatic nitrogens is 1. The highest BCUT2D eigenvalue weighted by Gasteiger charge is 2.24. The van der Waals surface area contributed by atoms with Crippen LogP contribution in [0.15, 0.2) is 47.0 Å². The second-order valence-electron chi connectivity index (χ2n) is 8.87. The molecule has 3 aromatic rings. The maximum Gasteiger partial charge on any atom is 0.409 e. The first-order valence-corrected chi connectivity index (χ1v) is 11.0. The summed E-state index contributed by atoms with van der Waals surface area (Å²) in [5.41, 5.74) is -0.699. The van der Waals surface area contributed by atoms with Gasteiger partial charge in [-0.25, -0.2) is 4.79 Å². The summed E-state index contributed by atoms with van der Waals surface area (Å²) in [6.45, 7) is 5.51. The Morgan fingerprint density at radius 1 is 1.16 bits per heavy atom. The SMILES string of the molecule is CN(C(=O)OCCNC(=O)c1cc(-c2c(O)cc(O)cc2Oc2ccc([N+](=O)[O-])cc2)on1)C(C)(C)C. The van der Waals surface area contributed by atoms with E-state index in [1.54, 1.807) is 7.05 Å². The predicted octanol–water partition coefficient (Wildman–Crippen LogP) is 4.05. The van der Waals surface area contributed by atoms with Gasteiger partial charge < -0.3 is 34.4 Å². The monoisotopic (exact) mass is 514 g/mol. The van der Waals surface area contributed by atoms with Gasteiger partial charge in [0.1, 0.15) is 35.2 Å². The summed E-state index contributed by atoms with van der Waals surface area (Å²) in [7, 11) is 1.61. The van der Waals surface area contributed by atoms with Crippen molar-refractivity contribution in [3.8, 4) is 34.3 Å². The Bertz CT molecular complexity index is 1300. The number of phenols is 2. The van der Waals surface area contributed by atoms with Crippen LogP contribution in [0.4, 0.5) is 10.5 Å². The number of rotatable bonds is 8. The summed E-state index contributed by atoms with van der Waals surface area (Å²) in [6.07, 6.45) is -0.533. The Morgan fingerprint density at radius 3 is 2.46 bits per heavy atom. The lowest BCUT2D eigenvalue weighted by Crippen LogP contribution is -2.43. The maximum absolute atomic E-state index is 12.5. The summed E-state index contributed by atoms with van der Waals surface area (Å²) < 4.78 is 16.0. The van der Waals surface area contributed by atoms with Gasteiger partial charge in [-0.1, -0.05) is 5.16 Å². The number of carbonyl (C=O) groups is 2. The van der Waals surface area contributed by atoms with Gasteiger partial charge in [-0.2, -0.15) is 0 Å². The highest BCUT2D eigenvalue weighted by atomic mass is 16.6. The van der Waals surface area contributed by atoms with Gasteiger partial charge in [-0.3, -0.25) is 14.9 Å². The molecule has 1 heterocycles. The molecule has 0 saturated carbocycles. The lowest BCUT2D eigenvalue weighted by molar-refractivity contribution is -0.384. The fourth-order valence-corrected chi connectivity index (χ4v) is 2.94. The molecule has 0 bridgehead atoms. The summed E-state index contributed by atoms with van der Waals surface area (Å²) in [4.78, 5) is 36.2. The number of non-ortho nitro benzene ring substituents is 1. The van der Waals surface area contributed by atoms with E-state index in [1.165, 1.54) is 41.3 Å². The maximum atomic E-state index is 12.5. The number of hydrogen-bond acceptors (Lipinski definition) is 10. The number of benzene rings is 2. The Balaban J connectivity index is 1.70. The van der Waals surface area contributed by atoms with Gasteiger partial charge in [0.05, 0.1) is 11.5 Å². The number of nitrogens with one attached hydrogen (secondary N) is 1. The number of nitrogens with zero attached hydrogens (tertiary/aromatic N) is 3. The molecule has 0 spiro atoms. The number of carbonyl (C=O) groups excluding carboxylic acids is 2. The topological polar surface area (TPSA) is 178 Å². The average Bonchev–Trinajstić information content (AvgIpc) is 3.30. The molecule has 13 heteroatoms. The van der Waals surface area contributed by atoms with Crippen molar-refractivity contribution < 1.29 is 38.7 Å². The third kappa shape index (κ3) is 6.66. The van der Waals surface area contributed by atoms with E-state index >= 15 is 0 Å². The van der Waals surface area contributed by atoms with Crippen LogP contribution in [0.3, 0.4) is 0 Å². The highest BCUT2D eigenvalue weighted by molar-refractivity contribution is 5.93. The molecular formula is C24H26N4O9. The number of ether oxygens (including phenoxy) is 2. The van der Waals surface area contributed by atoms with Gasteiger partial charge in [0.25, 0.3) is 11.6 Å². The van der Waals surface area contributed by atoms with Crippen LogP contribution in [0, 0.1) is 10.1 Å². The van der Waals surface area contributed by atoms with Crippen LogP contribution in [0.5, 0.6) is 23.0 Å². The molecule has 0 fully saturated rings. The van der Waals surface area contributed by atoms with E-state index in [0.717, 1.165) is 6.07 Å². The highest BCUT2D eigenvalue weighted by Crippen LogP contribution is 2.43. The Morgan fingerprint density at radius 2 is 1.84 bits per heavy atom. The van der Waals surface area contributed by atoms with Crippen LogP contribution in [0.2, 0.25) is 0 Å². The molecule has 13 nitrogen and oxygen atoms in total. The van der Waals surface area contributed by atoms with Crippen LogP contribution in [-0.2, 0) is 4.74 Å². The van der Waals surface area contributed by atoms with Crippen molar-refractivity contribution >= 4 is 17.7 Å². The van der Waals surface area contributed by atoms with Crippen molar-refractivity contribution in [3.05, 3.63) is 58.3 Å². The van der Waals surface area contributed by atoms with E-state index in [4.69, 9.17) is 14.0 Å². The van der Waals surface area contributed by atoms with Crippen LogP contribution in [0.25, 0.3) is 11.3 Å². The van der Waals surface area contributed by atoms with Gasteiger partial charge in [0.15, 0.2) is 11.5 Å². The average molecular weight is 514 g/mol. The molecule has 3 N–H and O–H groups in total. The van der Waals surface area contributed by atoms with E-state index < -0.39 is 28.2 Å². The third-order valence-corrected chi connectivity index (χ3v) is 5.22. The first-order valence-electron chi connectivity index (χ1n) is 11.0. The Labute approximate surface area is 211 Å². The molecule has 196 valence electrons. The van der Waals surface area contributed by atoms with E-state index in [-0.39, 0.29) is 53.1 Å². The standard InChI is InChI=1S/C24H26N4O9/c1-24(2,3)27(4)23(32)35-10-9-25-22(31)17-13-20(37-26-17)21-18(30)11-15(29)12-19(21)36-16-7-5-14(6-8-16)28(33)34/h5-8,11-13,29-30H,9-10H2,1-4H3,(H,25,31). The number of nitro groups is 1. The second kappa shape index (κ2) is 10.8. The quantitative estimate of drug-likeness (QED) is 0.226. The first kappa shape index (κ1) is 26.8. The molecule has 2 amide bonds. The largest absolute Gasteiger partial charge is 0.508 e. The van der Waals surface area contributed by atoms with Crippen LogP contribution in [-0.4, -0.2) is 62.9 Å². The second-order valence-corrected chi connectivity index (χ2v) is 8.87. The zero-order valence-corrected chi connectivity index (χ0v) is 20.5. The van der Waals surface area contributed by atoms with Gasteiger partial charge in [-0.05, 0) is 32.9 Å². The van der Waals surface area contributed by atoms with Crippen LogP contribution >= 0.6 is 0 Å². The first-order chi connectivity index (χ1) is 17.4. The van der Waals surface area contributed by atoms with Crippen molar-refractivity contribution in [2.45, 2.75) is 26.3 Å². The molecule has 0 saturated heterocycles. The Kier molecular flexibility index (Phi) is 7.85. The fourth-order valence-electron chi connectivity index (χ4n) is 2.94. The molecule has 0 aliphatic rings. The number of phenolic OH excluding ortho intramolecular Hbond substituents is 2. The van der Waals surface area contributed by atoms with Gasteiger partial charge in [0, 0.05) is 42.9 Å². The molecule has 37 heavy (non-hydrogen) atoms. The van der Waals surface area contributed by atoms with Crippen molar-refractivity contribution in [1.29, 1.82) is 0 Å². The number of nitro benzene ring substituents is 1. The van der Waals surface area contributed by atoms with Gasteiger partial charge in [0.2, 0.25) is 0 Å². The number of amides is 2. The number of aromatic hydroxyl groups is 2. The Hall–Kier alpha value is -4.81. The van der Waals surface area contributed by atoms with Crippen molar-refractivity contribution in [2.75, 3.05) is 20.2 Å². The summed E-state index contributed by atoms with van der Waals surface area (Å²) in [5.74, 6) is -1.27. The molecule has 1 aromatic heterocycles. The van der Waals surface area contributed by atoms with Crippen molar-refractivity contribution in [3.63, 3.8) is 0 Å². The zero-order valence-electron chi connectivity index (χ0n) is 20.5. The van der Waals surface area contributed by atoms with E-state index in [1.807, 2.05) is 20.8 Å². The molecule has 0 aliphatic heterocycles. The summed E-state index contributed by atoms with van der Waals surface area (Å²) in [6, 6.07) is 8.64. The number of hydrogen-bond donors (Lipinski definition) is 3. The smallest absolute Gasteiger partial charge is 0.409 e. The summed E-state index contributed by atoms with van der Waals surface area (Å²) >= 11 is 0. The minimum atomic E-state index is -0.619. The van der Waals surface area contributed by atoms with Crippen LogP contribution in [0.1, 0.15) is 31.3 Å². The minimum Gasteiger partial charge on any atom is -0.508 e. The molecule has 0 radical (unpaired) electrons. The lowest BCUT2D eigenvalue weighted by atomic mass is 10.1. The van der Waals surface area contributed by atoms with Crippen molar-refractivity contribution in [1.82, 2.24) is 15.4 Å². The molecular weight excluding hydrogens is 488 g/mol. The molecule has 3 rings (SSSR count). The van der Waals surface area contributed by atoms with E-state index in [2.05, 4.69) is 10.5 Å². The molecule has 0 unspecified atom stereocenters.